The number of hydrogen-bond acceptors (Lipinski definition) is 3. The highest BCUT2D eigenvalue weighted by atomic mass is 16.5. The van der Waals surface area contributed by atoms with E-state index in [0.29, 0.717) is 35.0 Å². The molecule has 0 amide bonds. The van der Waals surface area contributed by atoms with Gasteiger partial charge in [0, 0.05) is 12.3 Å². The highest BCUT2D eigenvalue weighted by Gasteiger charge is 2.70. The van der Waals surface area contributed by atoms with Crippen molar-refractivity contribution >= 4 is 11.9 Å². The molecule has 5 aliphatic carbocycles. The van der Waals surface area contributed by atoms with Gasteiger partial charge in [-0.15, -0.1) is 0 Å². The first-order valence-electron chi connectivity index (χ1n) is 15.0. The molecule has 0 saturated heterocycles. The van der Waals surface area contributed by atoms with Gasteiger partial charge in [0.1, 0.15) is 6.10 Å². The number of aliphatic carboxylic acids is 1. The van der Waals surface area contributed by atoms with Crippen LogP contribution in [0.15, 0.2) is 0 Å². The van der Waals surface area contributed by atoms with Gasteiger partial charge >= 0.3 is 11.9 Å². The van der Waals surface area contributed by atoms with Crippen molar-refractivity contribution < 1.29 is 19.4 Å². The van der Waals surface area contributed by atoms with Gasteiger partial charge in [-0.1, -0.05) is 48.5 Å². The van der Waals surface area contributed by atoms with Crippen LogP contribution in [0.2, 0.25) is 0 Å². The van der Waals surface area contributed by atoms with E-state index >= 15 is 0 Å². The van der Waals surface area contributed by atoms with Crippen molar-refractivity contribution in [3.63, 3.8) is 0 Å². The molecule has 0 aromatic carbocycles. The number of esters is 1. The number of rotatable bonds is 3. The van der Waals surface area contributed by atoms with Crippen LogP contribution >= 0.6 is 0 Å². The molecular weight excluding hydrogens is 448 g/mol. The van der Waals surface area contributed by atoms with Crippen molar-refractivity contribution in [3.05, 3.63) is 0 Å². The molecule has 0 radical (unpaired) electrons. The van der Waals surface area contributed by atoms with Crippen molar-refractivity contribution in [2.75, 3.05) is 0 Å². The smallest absolute Gasteiger partial charge is 0.306 e. The number of ether oxygens (including phenoxy) is 1. The molecule has 5 saturated carbocycles. The van der Waals surface area contributed by atoms with Crippen LogP contribution in [-0.4, -0.2) is 23.1 Å². The fraction of sp³-hybridized carbons (Fsp3) is 0.938. The van der Waals surface area contributed by atoms with Crippen LogP contribution in [0.5, 0.6) is 0 Å². The van der Waals surface area contributed by atoms with Crippen LogP contribution in [0.1, 0.15) is 120 Å². The Balaban J connectivity index is 1.49. The summed E-state index contributed by atoms with van der Waals surface area (Å²) in [5, 5.41) is 9.97. The average Bonchev–Trinajstić information content (AvgIpc) is 3.13. The SMILES string of the molecule is CC(=O)O[C@H]1CC[C@]2(C)[C@H]3CC[C@@H]4[C@H]5[C@H]([C@@H](C)C(=O)O)CC[C@]5(C)CC[C@@]4(C)[C@]3(C)CC[C@H]2C1(C)C. The van der Waals surface area contributed by atoms with E-state index in [0.717, 1.165) is 19.3 Å². The molecule has 4 heteroatoms. The summed E-state index contributed by atoms with van der Waals surface area (Å²) in [6, 6.07) is 0. The molecule has 5 rings (SSSR count). The van der Waals surface area contributed by atoms with Gasteiger partial charge in [0.2, 0.25) is 0 Å². The molecule has 0 heterocycles. The number of carbonyl (C=O) groups excluding carboxylic acids is 1. The van der Waals surface area contributed by atoms with Crippen LogP contribution in [0, 0.1) is 62.6 Å². The minimum absolute atomic E-state index is 0.00361. The zero-order chi connectivity index (χ0) is 26.5. The lowest BCUT2D eigenvalue weighted by Crippen LogP contribution is -2.66. The molecule has 11 atom stereocenters. The lowest BCUT2D eigenvalue weighted by atomic mass is 9.32. The highest BCUT2D eigenvalue weighted by Crippen LogP contribution is 2.77. The van der Waals surface area contributed by atoms with Crippen LogP contribution in [-0.2, 0) is 14.3 Å². The first-order valence-corrected chi connectivity index (χ1v) is 15.0. The molecular formula is C32H52O4. The Bertz CT molecular complexity index is 925. The summed E-state index contributed by atoms with van der Waals surface area (Å²) in [5.74, 6) is 1.77. The second kappa shape index (κ2) is 8.22. The number of carbonyl (C=O) groups is 2. The maximum atomic E-state index is 12.1. The molecule has 0 unspecified atom stereocenters. The van der Waals surface area contributed by atoms with E-state index in [1.807, 2.05) is 6.92 Å². The Hall–Kier alpha value is -1.06. The minimum Gasteiger partial charge on any atom is -0.481 e. The van der Waals surface area contributed by atoms with E-state index in [-0.39, 0.29) is 39.7 Å². The molecule has 0 bridgehead atoms. The van der Waals surface area contributed by atoms with Gasteiger partial charge in [0.25, 0.3) is 0 Å². The zero-order valence-corrected chi connectivity index (χ0v) is 24.3. The Morgan fingerprint density at radius 3 is 2.14 bits per heavy atom. The molecule has 0 aromatic heterocycles. The molecule has 36 heavy (non-hydrogen) atoms. The first-order chi connectivity index (χ1) is 16.6. The fourth-order valence-corrected chi connectivity index (χ4v) is 12.1. The third-order valence-electron chi connectivity index (χ3n) is 14.2. The highest BCUT2D eigenvalue weighted by molar-refractivity contribution is 5.70. The molecule has 5 fully saturated rings. The first kappa shape index (κ1) is 26.5. The molecule has 204 valence electrons. The van der Waals surface area contributed by atoms with Gasteiger partial charge in [-0.3, -0.25) is 9.59 Å². The summed E-state index contributed by atoms with van der Waals surface area (Å²) in [6.07, 6.45) is 12.0. The molecule has 5 aliphatic rings. The molecule has 0 aromatic rings. The predicted molar refractivity (Wildman–Crippen MR) is 142 cm³/mol. The maximum Gasteiger partial charge on any atom is 0.306 e. The van der Waals surface area contributed by atoms with Crippen LogP contribution in [0.4, 0.5) is 0 Å². The Morgan fingerprint density at radius 1 is 0.806 bits per heavy atom. The van der Waals surface area contributed by atoms with Crippen molar-refractivity contribution in [2.45, 2.75) is 126 Å². The summed E-state index contributed by atoms with van der Waals surface area (Å²) in [5.41, 5.74) is 1.13. The van der Waals surface area contributed by atoms with Crippen LogP contribution in [0.25, 0.3) is 0 Å². The number of carboxylic acid groups (broad SMARTS) is 1. The van der Waals surface area contributed by atoms with Crippen LogP contribution in [0.3, 0.4) is 0 Å². The van der Waals surface area contributed by atoms with Gasteiger partial charge in [-0.25, -0.2) is 0 Å². The van der Waals surface area contributed by atoms with Gasteiger partial charge in [0.05, 0.1) is 5.92 Å². The topological polar surface area (TPSA) is 63.6 Å². The summed E-state index contributed by atoms with van der Waals surface area (Å²) >= 11 is 0. The van der Waals surface area contributed by atoms with Crippen molar-refractivity contribution in [3.8, 4) is 0 Å². The largest absolute Gasteiger partial charge is 0.481 e. The summed E-state index contributed by atoms with van der Waals surface area (Å²) in [4.78, 5) is 24.0. The summed E-state index contributed by atoms with van der Waals surface area (Å²) < 4.78 is 5.89. The standard InChI is InChI=1S/C32H52O4/c1-19(27(34)35)21-11-14-29(5)17-18-31(7)22(26(21)29)9-10-24-30(6)15-13-25(36-20(2)33)28(3,4)23(30)12-16-32(24,31)8/h19,21-26H,9-18H2,1-8H3,(H,34,35)/t19-,21+,22-,23+,24-,25+,26-,29-,30+,31-,32-/m1/s1. The van der Waals surface area contributed by atoms with E-state index in [9.17, 15) is 14.7 Å². The second-order valence-electron chi connectivity index (χ2n) is 15.6. The lowest BCUT2D eigenvalue weighted by molar-refractivity contribution is -0.250. The Kier molecular flexibility index (Phi) is 6.06. The summed E-state index contributed by atoms with van der Waals surface area (Å²) in [7, 11) is 0. The van der Waals surface area contributed by atoms with Crippen molar-refractivity contribution in [1.82, 2.24) is 0 Å². The van der Waals surface area contributed by atoms with Gasteiger partial charge in [-0.2, -0.15) is 0 Å². The third kappa shape index (κ3) is 3.36. The van der Waals surface area contributed by atoms with Crippen LogP contribution < -0.4 is 0 Å². The predicted octanol–water partition coefficient (Wildman–Crippen LogP) is 7.74. The normalized spacial score (nSPS) is 52.2. The number of fused-ring (bicyclic) bond motifs is 7. The molecule has 1 N–H and O–H groups in total. The van der Waals surface area contributed by atoms with Gasteiger partial charge in [0.15, 0.2) is 0 Å². The van der Waals surface area contributed by atoms with Gasteiger partial charge < -0.3 is 9.84 Å². The zero-order valence-electron chi connectivity index (χ0n) is 24.3. The second-order valence-corrected chi connectivity index (χ2v) is 15.6. The quantitative estimate of drug-likeness (QED) is 0.403. The Morgan fingerprint density at radius 2 is 1.50 bits per heavy atom. The van der Waals surface area contributed by atoms with E-state index < -0.39 is 5.97 Å². The van der Waals surface area contributed by atoms with E-state index in [1.165, 1.54) is 44.9 Å². The van der Waals surface area contributed by atoms with Crippen molar-refractivity contribution in [1.29, 1.82) is 0 Å². The maximum absolute atomic E-state index is 12.1. The minimum atomic E-state index is -0.601. The van der Waals surface area contributed by atoms with E-state index in [4.69, 9.17) is 4.74 Å². The fourth-order valence-electron chi connectivity index (χ4n) is 12.1. The van der Waals surface area contributed by atoms with E-state index in [2.05, 4.69) is 41.5 Å². The Labute approximate surface area is 219 Å². The molecule has 0 spiro atoms. The molecule has 0 aliphatic heterocycles. The average molecular weight is 501 g/mol. The third-order valence-corrected chi connectivity index (χ3v) is 14.2. The van der Waals surface area contributed by atoms with E-state index in [1.54, 1.807) is 6.92 Å². The lowest BCUT2D eigenvalue weighted by Gasteiger charge is -2.73. The molecule has 4 nitrogen and oxygen atoms in total. The van der Waals surface area contributed by atoms with Crippen molar-refractivity contribution in [2.24, 2.45) is 62.6 Å². The van der Waals surface area contributed by atoms with Gasteiger partial charge in [-0.05, 0) is 115 Å². The number of carboxylic acids is 1. The monoisotopic (exact) mass is 500 g/mol. The summed E-state index contributed by atoms with van der Waals surface area (Å²) in [6.45, 7) is 18.6. The number of hydrogen-bond donors (Lipinski definition) is 1.